The second kappa shape index (κ2) is 8.93. The van der Waals surface area contributed by atoms with Gasteiger partial charge in [-0.25, -0.2) is 13.6 Å². The van der Waals surface area contributed by atoms with E-state index < -0.39 is 41.3 Å². The van der Waals surface area contributed by atoms with Gasteiger partial charge in [0, 0.05) is 25.8 Å². The Morgan fingerprint density at radius 3 is 2.19 bits per heavy atom. The van der Waals surface area contributed by atoms with Crippen LogP contribution in [0.25, 0.3) is 0 Å². The number of carbonyl (C=O) groups is 2. The van der Waals surface area contributed by atoms with Gasteiger partial charge >= 0.3 is 12.1 Å². The molecule has 1 atom stereocenters. The summed E-state index contributed by atoms with van der Waals surface area (Å²) < 4.78 is 37.6. The number of alkyl carbamates (subject to hydrolysis) is 1. The number of hydrogen-bond donors (Lipinski definition) is 2. The summed E-state index contributed by atoms with van der Waals surface area (Å²) >= 11 is 0. The Morgan fingerprint density at radius 1 is 1.15 bits per heavy atom. The first-order valence-electron chi connectivity index (χ1n) is 8.25. The van der Waals surface area contributed by atoms with Crippen LogP contribution in [0.4, 0.5) is 13.6 Å². The molecule has 6 nitrogen and oxygen atoms in total. The zero-order valence-electron chi connectivity index (χ0n) is 15.4. The predicted molar refractivity (Wildman–Crippen MR) is 91.0 cm³/mol. The lowest BCUT2D eigenvalue weighted by atomic mass is 9.77. The number of ether oxygens (including phenoxy) is 2. The molecule has 8 heteroatoms. The van der Waals surface area contributed by atoms with Crippen LogP contribution in [0, 0.1) is 11.6 Å². The molecule has 0 radical (unpaired) electrons. The molecule has 146 valence electrons. The molecule has 1 unspecified atom stereocenters. The van der Waals surface area contributed by atoms with Crippen LogP contribution in [-0.4, -0.2) is 42.5 Å². The molecule has 0 saturated carbocycles. The van der Waals surface area contributed by atoms with E-state index >= 15 is 0 Å². The van der Waals surface area contributed by atoms with Gasteiger partial charge in [-0.2, -0.15) is 0 Å². The number of nitrogens with one attached hydrogen (secondary N) is 1. The van der Waals surface area contributed by atoms with Crippen LogP contribution in [0.2, 0.25) is 0 Å². The number of carboxylic acids is 1. The molecule has 0 aliphatic rings. The Bertz CT molecular complexity index is 625. The largest absolute Gasteiger partial charge is 0.481 e. The second-order valence-corrected chi connectivity index (χ2v) is 6.85. The van der Waals surface area contributed by atoms with E-state index in [4.69, 9.17) is 9.47 Å². The van der Waals surface area contributed by atoms with Crippen LogP contribution in [0.15, 0.2) is 18.2 Å². The topological polar surface area (TPSA) is 84.9 Å². The first kappa shape index (κ1) is 21.8. The third-order valence-electron chi connectivity index (χ3n) is 3.64. The van der Waals surface area contributed by atoms with E-state index in [2.05, 4.69) is 5.32 Å². The number of aliphatic carboxylic acids is 1. The van der Waals surface area contributed by atoms with Crippen molar-refractivity contribution in [3.63, 3.8) is 0 Å². The summed E-state index contributed by atoms with van der Waals surface area (Å²) in [7, 11) is 0. The van der Waals surface area contributed by atoms with Gasteiger partial charge in [0.1, 0.15) is 22.7 Å². The first-order valence-corrected chi connectivity index (χ1v) is 8.25. The summed E-state index contributed by atoms with van der Waals surface area (Å²) in [6.45, 7) is 6.70. The van der Waals surface area contributed by atoms with Crippen molar-refractivity contribution in [3.8, 4) is 0 Å². The molecule has 1 aromatic carbocycles. The average molecular weight is 373 g/mol. The van der Waals surface area contributed by atoms with Gasteiger partial charge in [-0.1, -0.05) is 0 Å². The monoisotopic (exact) mass is 373 g/mol. The summed E-state index contributed by atoms with van der Waals surface area (Å²) in [6, 6.07) is 2.54. The van der Waals surface area contributed by atoms with Gasteiger partial charge in [0.05, 0.1) is 0 Å². The number of carbonyl (C=O) groups excluding carboxylic acids is 1. The van der Waals surface area contributed by atoms with Crippen molar-refractivity contribution in [2.45, 2.75) is 45.1 Å². The van der Waals surface area contributed by atoms with Crippen LogP contribution in [0.3, 0.4) is 0 Å². The highest BCUT2D eigenvalue weighted by Gasteiger charge is 2.41. The van der Waals surface area contributed by atoms with Crippen molar-refractivity contribution in [2.75, 3.05) is 19.8 Å². The van der Waals surface area contributed by atoms with Gasteiger partial charge in [-0.05, 0) is 51.8 Å². The molecule has 0 fully saturated rings. The van der Waals surface area contributed by atoms with E-state index in [9.17, 15) is 23.5 Å². The molecule has 26 heavy (non-hydrogen) atoms. The number of benzene rings is 1. The smallest absolute Gasteiger partial charge is 0.407 e. The lowest BCUT2D eigenvalue weighted by Crippen LogP contribution is -2.48. The highest BCUT2D eigenvalue weighted by molar-refractivity contribution is 5.82. The normalized spacial score (nSPS) is 13.8. The van der Waals surface area contributed by atoms with Crippen molar-refractivity contribution < 1.29 is 33.0 Å². The highest BCUT2D eigenvalue weighted by atomic mass is 19.1. The molecule has 0 aliphatic carbocycles. The molecule has 0 bridgehead atoms. The Morgan fingerprint density at radius 2 is 1.73 bits per heavy atom. The fraction of sp³-hybridized carbons (Fsp3) is 0.556. The van der Waals surface area contributed by atoms with E-state index in [0.29, 0.717) is 12.7 Å². The van der Waals surface area contributed by atoms with Crippen LogP contribution < -0.4 is 5.32 Å². The Hall–Kier alpha value is -2.22. The van der Waals surface area contributed by atoms with Crippen LogP contribution >= 0.6 is 0 Å². The zero-order chi connectivity index (χ0) is 20.0. The standard InChI is InChI=1S/C18H25F2NO5/c1-5-25-7-6-18(15(22)23,11-21-16(24)26-17(2,3)4)12-8-13(19)10-14(20)9-12/h8-10H,5-7,11H2,1-4H3,(H,21,24)(H,22,23). The van der Waals surface area contributed by atoms with Gasteiger partial charge in [-0.15, -0.1) is 0 Å². The van der Waals surface area contributed by atoms with Gasteiger partial charge in [-0.3, -0.25) is 4.79 Å². The minimum Gasteiger partial charge on any atom is -0.481 e. The third-order valence-corrected chi connectivity index (χ3v) is 3.64. The van der Waals surface area contributed by atoms with Crippen molar-refractivity contribution in [2.24, 2.45) is 0 Å². The SMILES string of the molecule is CCOCCC(CNC(=O)OC(C)(C)C)(C(=O)O)c1cc(F)cc(F)c1. The molecule has 0 heterocycles. The molecular formula is C18H25F2NO5. The molecule has 0 aliphatic heterocycles. The van der Waals surface area contributed by atoms with E-state index in [1.807, 2.05) is 0 Å². The van der Waals surface area contributed by atoms with E-state index in [1.165, 1.54) is 0 Å². The highest BCUT2D eigenvalue weighted by Crippen LogP contribution is 2.30. The fourth-order valence-corrected chi connectivity index (χ4v) is 2.40. The minimum atomic E-state index is -1.77. The Labute approximate surface area is 151 Å². The molecule has 1 rings (SSSR count). The minimum absolute atomic E-state index is 0.0386. The molecule has 0 aromatic heterocycles. The number of carboxylic acid groups (broad SMARTS) is 1. The summed E-state index contributed by atoms with van der Waals surface area (Å²) in [6.07, 6.45) is -0.911. The molecular weight excluding hydrogens is 348 g/mol. The lowest BCUT2D eigenvalue weighted by Gasteiger charge is -2.31. The van der Waals surface area contributed by atoms with Gasteiger partial charge in [0.25, 0.3) is 0 Å². The van der Waals surface area contributed by atoms with Gasteiger partial charge in [0.2, 0.25) is 0 Å². The van der Waals surface area contributed by atoms with E-state index in [1.54, 1.807) is 27.7 Å². The molecule has 0 saturated heterocycles. The van der Waals surface area contributed by atoms with Crippen molar-refractivity contribution in [1.29, 1.82) is 0 Å². The lowest BCUT2D eigenvalue weighted by molar-refractivity contribution is -0.144. The Balaban J connectivity index is 3.17. The number of hydrogen-bond acceptors (Lipinski definition) is 4. The first-order chi connectivity index (χ1) is 12.0. The van der Waals surface area contributed by atoms with Crippen LogP contribution in [0.1, 0.15) is 39.7 Å². The van der Waals surface area contributed by atoms with E-state index in [0.717, 1.165) is 12.1 Å². The maximum Gasteiger partial charge on any atom is 0.407 e. The second-order valence-electron chi connectivity index (χ2n) is 6.85. The molecule has 1 amide bonds. The van der Waals surface area contributed by atoms with Crippen LogP contribution in [0.5, 0.6) is 0 Å². The number of rotatable bonds is 8. The Kier molecular flexibility index (Phi) is 7.50. The predicted octanol–water partition coefficient (Wildman–Crippen LogP) is 3.24. The molecule has 0 spiro atoms. The van der Waals surface area contributed by atoms with Crippen molar-refractivity contribution in [1.82, 2.24) is 5.32 Å². The molecule has 2 N–H and O–H groups in total. The van der Waals surface area contributed by atoms with Gasteiger partial charge < -0.3 is 19.9 Å². The number of halogens is 2. The van der Waals surface area contributed by atoms with Gasteiger partial charge in [0.15, 0.2) is 0 Å². The van der Waals surface area contributed by atoms with E-state index in [-0.39, 0.29) is 18.6 Å². The summed E-state index contributed by atoms with van der Waals surface area (Å²) in [5, 5.41) is 12.2. The summed E-state index contributed by atoms with van der Waals surface area (Å²) in [4.78, 5) is 24.0. The average Bonchev–Trinajstić information content (AvgIpc) is 2.47. The third kappa shape index (κ3) is 6.25. The zero-order valence-corrected chi connectivity index (χ0v) is 15.4. The fourth-order valence-electron chi connectivity index (χ4n) is 2.40. The summed E-state index contributed by atoms with van der Waals surface area (Å²) in [5.74, 6) is -3.14. The molecule has 1 aromatic rings. The van der Waals surface area contributed by atoms with Crippen molar-refractivity contribution in [3.05, 3.63) is 35.4 Å². The quantitative estimate of drug-likeness (QED) is 0.684. The maximum absolute atomic E-state index is 13.7. The van der Waals surface area contributed by atoms with Crippen molar-refractivity contribution >= 4 is 12.1 Å². The maximum atomic E-state index is 13.7. The number of amides is 1. The van der Waals surface area contributed by atoms with Crippen LogP contribution in [-0.2, 0) is 19.7 Å². The summed E-state index contributed by atoms with van der Waals surface area (Å²) in [5.41, 5.74) is -2.64.